The number of aliphatic hydroxyl groups is 2. The van der Waals surface area contributed by atoms with E-state index in [1.165, 1.54) is 4.90 Å². The van der Waals surface area contributed by atoms with Crippen LogP contribution in [0.1, 0.15) is 52.0 Å². The first kappa shape index (κ1) is 27.5. The molecule has 11 heteroatoms. The number of aliphatic hydroxyl groups excluding tert-OH is 2. The lowest BCUT2D eigenvalue weighted by molar-refractivity contribution is -0.294. The van der Waals surface area contributed by atoms with Crippen molar-refractivity contribution in [3.63, 3.8) is 0 Å². The van der Waals surface area contributed by atoms with Gasteiger partial charge < -0.3 is 39.4 Å². The number of ketones is 1. The molecule has 1 aromatic carbocycles. The molecule has 2 amide bonds. The summed E-state index contributed by atoms with van der Waals surface area (Å²) in [7, 11) is 0. The maximum atomic E-state index is 12.9. The molecule has 11 nitrogen and oxygen atoms in total. The zero-order valence-corrected chi connectivity index (χ0v) is 21.5. The second-order valence-electron chi connectivity index (χ2n) is 10.7. The number of nitrogens with one attached hydrogen (secondary N) is 1. The van der Waals surface area contributed by atoms with Gasteiger partial charge in [0, 0.05) is 31.5 Å². The summed E-state index contributed by atoms with van der Waals surface area (Å²) in [6.45, 7) is 5.79. The van der Waals surface area contributed by atoms with Gasteiger partial charge in [-0.3, -0.25) is 9.59 Å². The van der Waals surface area contributed by atoms with Gasteiger partial charge in [0.1, 0.15) is 24.9 Å². The molecule has 4 rings (SSSR count). The van der Waals surface area contributed by atoms with E-state index in [1.54, 1.807) is 13.8 Å². The summed E-state index contributed by atoms with van der Waals surface area (Å²) >= 11 is 0. The van der Waals surface area contributed by atoms with Gasteiger partial charge in [-0.25, -0.2) is 4.79 Å². The molecule has 0 saturated carbocycles. The Labute approximate surface area is 216 Å². The van der Waals surface area contributed by atoms with Gasteiger partial charge >= 0.3 is 6.09 Å². The van der Waals surface area contributed by atoms with Crippen LogP contribution < -0.4 is 5.32 Å². The molecule has 0 bridgehead atoms. The summed E-state index contributed by atoms with van der Waals surface area (Å²) in [5.41, 5.74) is 0.322. The van der Waals surface area contributed by atoms with Gasteiger partial charge in [0.2, 0.25) is 11.6 Å². The van der Waals surface area contributed by atoms with E-state index in [2.05, 4.69) is 5.32 Å². The number of piperidine rings is 1. The SMILES string of the molecule is CC1(NC(=O)OCc2ccccc2)CCN(C(=O)C(=O)CC[C@@]23OC[C@@H](O)[C@@H](O)[C@@H]2OC(C)(C)O3)CC1. The van der Waals surface area contributed by atoms with Crippen LogP contribution >= 0.6 is 0 Å². The van der Waals surface area contributed by atoms with Crippen molar-refractivity contribution < 1.29 is 43.5 Å². The third-order valence-electron chi connectivity index (χ3n) is 7.18. The first-order chi connectivity index (χ1) is 17.4. The van der Waals surface area contributed by atoms with Crippen LogP contribution in [0.5, 0.6) is 0 Å². The summed E-state index contributed by atoms with van der Waals surface area (Å²) in [6, 6.07) is 9.37. The summed E-state index contributed by atoms with van der Waals surface area (Å²) in [4.78, 5) is 39.4. The summed E-state index contributed by atoms with van der Waals surface area (Å²) in [6.07, 6.45) is -3.14. The number of rotatable bonds is 7. The average Bonchev–Trinajstić information content (AvgIpc) is 3.15. The summed E-state index contributed by atoms with van der Waals surface area (Å²) in [5, 5.41) is 23.2. The van der Waals surface area contributed by atoms with Crippen LogP contribution in [0.3, 0.4) is 0 Å². The van der Waals surface area contributed by atoms with E-state index >= 15 is 0 Å². The number of ether oxygens (including phenoxy) is 4. The predicted octanol–water partition coefficient (Wildman–Crippen LogP) is 1.24. The lowest BCUT2D eigenvalue weighted by atomic mass is 9.89. The number of likely N-dealkylation sites (tertiary alicyclic amines) is 1. The van der Waals surface area contributed by atoms with Crippen molar-refractivity contribution in [1.82, 2.24) is 10.2 Å². The number of fused-ring (bicyclic) bond motifs is 1. The zero-order chi connectivity index (χ0) is 26.8. The van der Waals surface area contributed by atoms with Gasteiger partial charge in [0.15, 0.2) is 5.79 Å². The highest BCUT2D eigenvalue weighted by Gasteiger charge is 2.61. The molecular formula is C26H36N2O9. The smallest absolute Gasteiger partial charge is 0.407 e. The van der Waals surface area contributed by atoms with E-state index in [0.29, 0.717) is 25.9 Å². The molecule has 204 valence electrons. The molecule has 4 atom stereocenters. The highest BCUT2D eigenvalue weighted by molar-refractivity contribution is 6.36. The highest BCUT2D eigenvalue weighted by Crippen LogP contribution is 2.44. The first-order valence-electron chi connectivity index (χ1n) is 12.6. The van der Waals surface area contributed by atoms with Crippen LogP contribution in [0.25, 0.3) is 0 Å². The van der Waals surface area contributed by atoms with Crippen molar-refractivity contribution in [2.75, 3.05) is 19.7 Å². The molecule has 0 aromatic heterocycles. The fourth-order valence-corrected chi connectivity index (χ4v) is 5.03. The third-order valence-corrected chi connectivity index (χ3v) is 7.18. The standard InChI is InChI=1S/C26H36N2O9/c1-24(2)36-21-20(31)19(30)16-35-26(21,37-24)10-9-18(29)22(32)28-13-11-25(3,12-14-28)27-23(33)34-15-17-7-5-4-6-8-17/h4-8,19-21,30-31H,9-16H2,1-3H3,(H,27,33)/t19-,20-,21+,26+/m1/s1. The highest BCUT2D eigenvalue weighted by atomic mass is 16.8. The topological polar surface area (TPSA) is 144 Å². The Morgan fingerprint density at radius 2 is 1.78 bits per heavy atom. The molecule has 0 unspecified atom stereocenters. The minimum absolute atomic E-state index is 0.00415. The summed E-state index contributed by atoms with van der Waals surface area (Å²) in [5.74, 6) is -3.74. The maximum Gasteiger partial charge on any atom is 0.407 e. The van der Waals surface area contributed by atoms with E-state index < -0.39 is 53.2 Å². The van der Waals surface area contributed by atoms with E-state index in [4.69, 9.17) is 18.9 Å². The van der Waals surface area contributed by atoms with Crippen LogP contribution in [0, 0.1) is 0 Å². The molecule has 3 aliphatic rings. The number of benzene rings is 1. The van der Waals surface area contributed by atoms with Crippen molar-refractivity contribution in [2.24, 2.45) is 0 Å². The fraction of sp³-hybridized carbons (Fsp3) is 0.654. The number of hydrogen-bond donors (Lipinski definition) is 3. The van der Waals surface area contributed by atoms with E-state index in [9.17, 15) is 24.6 Å². The second kappa shape index (κ2) is 10.7. The van der Waals surface area contributed by atoms with Gasteiger partial charge in [-0.05, 0) is 39.2 Å². The normalized spacial score (nSPS) is 30.3. The minimum atomic E-state index is -1.43. The number of Topliss-reactive ketones (excluding diaryl/α,β-unsaturated/α-hetero) is 1. The molecular weight excluding hydrogens is 484 g/mol. The van der Waals surface area contributed by atoms with Crippen molar-refractivity contribution in [3.05, 3.63) is 35.9 Å². The van der Waals surface area contributed by atoms with Gasteiger partial charge in [0.05, 0.1) is 6.61 Å². The first-order valence-corrected chi connectivity index (χ1v) is 12.6. The van der Waals surface area contributed by atoms with Gasteiger partial charge in [-0.2, -0.15) is 0 Å². The molecule has 1 aromatic rings. The lowest BCUT2D eigenvalue weighted by Gasteiger charge is -2.41. The monoisotopic (exact) mass is 520 g/mol. The fourth-order valence-electron chi connectivity index (χ4n) is 5.03. The molecule has 0 spiro atoms. The molecule has 0 aliphatic carbocycles. The summed E-state index contributed by atoms with van der Waals surface area (Å²) < 4.78 is 22.7. The largest absolute Gasteiger partial charge is 0.445 e. The van der Waals surface area contributed by atoms with Crippen molar-refractivity contribution in [1.29, 1.82) is 0 Å². The molecule has 3 fully saturated rings. The van der Waals surface area contributed by atoms with Crippen molar-refractivity contribution >= 4 is 17.8 Å². The van der Waals surface area contributed by atoms with Crippen LogP contribution in [-0.4, -0.2) is 88.0 Å². The Hall–Kier alpha value is -2.57. The minimum Gasteiger partial charge on any atom is -0.445 e. The Bertz CT molecular complexity index is 993. The van der Waals surface area contributed by atoms with Crippen LogP contribution in [0.2, 0.25) is 0 Å². The number of amides is 2. The van der Waals surface area contributed by atoms with Crippen LogP contribution in [-0.2, 0) is 35.1 Å². The number of nitrogens with zero attached hydrogens (tertiary/aromatic N) is 1. The number of alkyl carbamates (subject to hydrolysis) is 1. The number of carbonyl (C=O) groups excluding carboxylic acids is 3. The molecule has 3 saturated heterocycles. The Morgan fingerprint density at radius 3 is 2.46 bits per heavy atom. The quantitative estimate of drug-likeness (QED) is 0.452. The molecule has 3 aliphatic heterocycles. The van der Waals surface area contributed by atoms with Gasteiger partial charge in [0.25, 0.3) is 5.91 Å². The molecule has 3 heterocycles. The maximum absolute atomic E-state index is 12.9. The van der Waals surface area contributed by atoms with Crippen molar-refractivity contribution in [3.8, 4) is 0 Å². The Kier molecular flexibility index (Phi) is 7.91. The third kappa shape index (κ3) is 6.29. The predicted molar refractivity (Wildman–Crippen MR) is 129 cm³/mol. The number of carbonyl (C=O) groups is 3. The molecule has 37 heavy (non-hydrogen) atoms. The van der Waals surface area contributed by atoms with Crippen LogP contribution in [0.4, 0.5) is 4.79 Å². The zero-order valence-electron chi connectivity index (χ0n) is 21.5. The lowest BCUT2D eigenvalue weighted by Crippen LogP contribution is -2.59. The number of hydrogen-bond acceptors (Lipinski definition) is 9. The van der Waals surface area contributed by atoms with Gasteiger partial charge in [-0.1, -0.05) is 30.3 Å². The molecule has 3 N–H and O–H groups in total. The van der Waals surface area contributed by atoms with Gasteiger partial charge in [-0.15, -0.1) is 0 Å². The van der Waals surface area contributed by atoms with Crippen LogP contribution in [0.15, 0.2) is 30.3 Å². The average molecular weight is 521 g/mol. The second-order valence-corrected chi connectivity index (χ2v) is 10.7. The van der Waals surface area contributed by atoms with E-state index in [-0.39, 0.29) is 26.1 Å². The Balaban J connectivity index is 1.25. The van der Waals surface area contributed by atoms with E-state index in [0.717, 1.165) is 5.56 Å². The van der Waals surface area contributed by atoms with Crippen molar-refractivity contribution in [2.45, 2.75) is 88.5 Å². The molecule has 0 radical (unpaired) electrons. The van der Waals surface area contributed by atoms with E-state index in [1.807, 2.05) is 37.3 Å². The Morgan fingerprint density at radius 1 is 1.11 bits per heavy atom.